The second-order valence-corrected chi connectivity index (χ2v) is 5.62. The summed E-state index contributed by atoms with van der Waals surface area (Å²) in [5.74, 6) is 0.200. The van der Waals surface area contributed by atoms with Gasteiger partial charge in [-0.1, -0.05) is 0 Å². The Kier molecular flexibility index (Phi) is 4.83. The molecule has 130 valence electrons. The second kappa shape index (κ2) is 7.21. The lowest BCUT2D eigenvalue weighted by atomic mass is 10.2. The zero-order chi connectivity index (χ0) is 17.8. The highest BCUT2D eigenvalue weighted by atomic mass is 19.1. The Balaban J connectivity index is 1.71. The van der Waals surface area contributed by atoms with Crippen molar-refractivity contribution < 1.29 is 18.7 Å². The van der Waals surface area contributed by atoms with E-state index in [0.29, 0.717) is 35.8 Å². The van der Waals surface area contributed by atoms with Crippen molar-refractivity contribution in [2.75, 3.05) is 29.2 Å². The highest BCUT2D eigenvalue weighted by Crippen LogP contribution is 2.33. The fraction of sp³-hybridized carbons (Fsp3) is 0.222. The molecule has 0 aromatic heterocycles. The molecule has 1 aliphatic heterocycles. The van der Waals surface area contributed by atoms with Crippen molar-refractivity contribution >= 4 is 29.0 Å². The summed E-state index contributed by atoms with van der Waals surface area (Å²) in [4.78, 5) is 25.6. The van der Waals surface area contributed by atoms with Crippen molar-refractivity contribution in [3.63, 3.8) is 0 Å². The van der Waals surface area contributed by atoms with Crippen LogP contribution in [-0.2, 0) is 4.79 Å². The number of methoxy groups -OCH3 is 1. The zero-order valence-corrected chi connectivity index (χ0v) is 13.7. The molecule has 0 spiro atoms. The molecule has 7 heteroatoms. The van der Waals surface area contributed by atoms with E-state index in [4.69, 9.17) is 4.74 Å². The van der Waals surface area contributed by atoms with Gasteiger partial charge in [0.25, 0.3) is 0 Å². The van der Waals surface area contributed by atoms with E-state index in [1.54, 1.807) is 23.1 Å². The lowest BCUT2D eigenvalue weighted by Crippen LogP contribution is -2.24. The molecule has 0 saturated carbocycles. The minimum absolute atomic E-state index is 0.0630. The smallest absolute Gasteiger partial charge is 0.323 e. The van der Waals surface area contributed by atoms with Crippen LogP contribution >= 0.6 is 0 Å². The van der Waals surface area contributed by atoms with Gasteiger partial charge in [-0.15, -0.1) is 0 Å². The number of carbonyl (C=O) groups excluding carboxylic acids is 2. The van der Waals surface area contributed by atoms with Crippen molar-refractivity contribution in [3.8, 4) is 5.75 Å². The minimum atomic E-state index is -0.460. The quantitative estimate of drug-likeness (QED) is 0.891. The van der Waals surface area contributed by atoms with Crippen LogP contribution in [0.1, 0.15) is 12.8 Å². The number of ether oxygens (including phenoxy) is 1. The molecule has 25 heavy (non-hydrogen) atoms. The maximum absolute atomic E-state index is 12.9. The molecule has 6 nitrogen and oxygen atoms in total. The van der Waals surface area contributed by atoms with Gasteiger partial charge in [-0.25, -0.2) is 9.18 Å². The number of anilines is 3. The number of hydrogen-bond acceptors (Lipinski definition) is 3. The van der Waals surface area contributed by atoms with Crippen LogP contribution in [0.2, 0.25) is 0 Å². The van der Waals surface area contributed by atoms with Gasteiger partial charge in [-0.3, -0.25) is 4.79 Å². The van der Waals surface area contributed by atoms with Gasteiger partial charge in [0.05, 0.1) is 12.8 Å². The average molecular weight is 343 g/mol. The zero-order valence-electron chi connectivity index (χ0n) is 13.7. The first-order valence-corrected chi connectivity index (χ1v) is 7.89. The van der Waals surface area contributed by atoms with Crippen molar-refractivity contribution in [2.45, 2.75) is 12.8 Å². The summed E-state index contributed by atoms with van der Waals surface area (Å²) in [5, 5.41) is 5.29. The average Bonchev–Trinajstić information content (AvgIpc) is 3.02. The molecule has 0 aliphatic carbocycles. The van der Waals surface area contributed by atoms with E-state index >= 15 is 0 Å². The van der Waals surface area contributed by atoms with Gasteiger partial charge in [0.15, 0.2) is 0 Å². The first-order valence-electron chi connectivity index (χ1n) is 7.89. The van der Waals surface area contributed by atoms with Crippen molar-refractivity contribution in [1.82, 2.24) is 0 Å². The van der Waals surface area contributed by atoms with Crippen LogP contribution < -0.4 is 20.3 Å². The van der Waals surface area contributed by atoms with E-state index in [1.165, 1.54) is 31.4 Å². The molecule has 1 aliphatic rings. The van der Waals surface area contributed by atoms with Crippen LogP contribution in [0.3, 0.4) is 0 Å². The van der Waals surface area contributed by atoms with Gasteiger partial charge in [-0.2, -0.15) is 0 Å². The number of rotatable bonds is 4. The maximum Gasteiger partial charge on any atom is 0.323 e. The third-order valence-corrected chi connectivity index (χ3v) is 3.90. The van der Waals surface area contributed by atoms with Gasteiger partial charge in [0, 0.05) is 30.4 Å². The lowest BCUT2D eigenvalue weighted by molar-refractivity contribution is -0.117. The summed E-state index contributed by atoms with van der Waals surface area (Å²) < 4.78 is 18.2. The molecule has 0 atom stereocenters. The summed E-state index contributed by atoms with van der Waals surface area (Å²) >= 11 is 0. The number of nitrogens with zero attached hydrogens (tertiary/aromatic N) is 1. The van der Waals surface area contributed by atoms with Crippen molar-refractivity contribution in [1.29, 1.82) is 0 Å². The predicted molar refractivity (Wildman–Crippen MR) is 93.6 cm³/mol. The van der Waals surface area contributed by atoms with Crippen LogP contribution in [-0.4, -0.2) is 25.6 Å². The second-order valence-electron chi connectivity index (χ2n) is 5.62. The fourth-order valence-electron chi connectivity index (χ4n) is 2.71. The summed E-state index contributed by atoms with van der Waals surface area (Å²) in [6, 6.07) is 10.1. The molecule has 3 amide bonds. The lowest BCUT2D eigenvalue weighted by Gasteiger charge is -2.19. The Hall–Kier alpha value is -3.09. The predicted octanol–water partition coefficient (Wildman–Crippen LogP) is 3.61. The molecule has 2 aromatic rings. The Morgan fingerprint density at radius 2 is 1.80 bits per heavy atom. The highest BCUT2D eigenvalue weighted by molar-refractivity contribution is 6.01. The number of amides is 3. The number of carbonyl (C=O) groups is 2. The number of halogens is 1. The first kappa shape index (κ1) is 16.8. The summed E-state index contributed by atoms with van der Waals surface area (Å²) in [6.45, 7) is 0.660. The molecule has 0 bridgehead atoms. The molecular formula is C18H18FN3O3. The topological polar surface area (TPSA) is 70.7 Å². The number of urea groups is 1. The van der Waals surface area contributed by atoms with Gasteiger partial charge >= 0.3 is 6.03 Å². The maximum atomic E-state index is 12.9. The van der Waals surface area contributed by atoms with Crippen LogP contribution in [0.5, 0.6) is 5.75 Å². The van der Waals surface area contributed by atoms with E-state index in [9.17, 15) is 14.0 Å². The summed E-state index contributed by atoms with van der Waals surface area (Å²) in [6.07, 6.45) is 1.35. The van der Waals surface area contributed by atoms with Gasteiger partial charge in [0.2, 0.25) is 5.91 Å². The summed E-state index contributed by atoms with van der Waals surface area (Å²) in [7, 11) is 1.52. The molecule has 0 unspecified atom stereocenters. The number of benzene rings is 2. The molecule has 2 aromatic carbocycles. The van der Waals surface area contributed by atoms with E-state index in [0.717, 1.165) is 6.42 Å². The normalized spacial score (nSPS) is 13.7. The molecular weight excluding hydrogens is 325 g/mol. The highest BCUT2D eigenvalue weighted by Gasteiger charge is 2.24. The monoisotopic (exact) mass is 343 g/mol. The Morgan fingerprint density at radius 3 is 2.44 bits per heavy atom. The molecule has 1 heterocycles. The SMILES string of the molecule is COc1cc(NC(=O)Nc2ccc(F)cc2)ccc1N1CCCC1=O. The largest absolute Gasteiger partial charge is 0.494 e. The number of nitrogens with one attached hydrogen (secondary N) is 2. The van der Waals surface area contributed by atoms with Gasteiger partial charge < -0.3 is 20.3 Å². The molecule has 1 saturated heterocycles. The van der Waals surface area contributed by atoms with E-state index in [1.807, 2.05) is 0 Å². The third kappa shape index (κ3) is 3.88. The first-order chi connectivity index (χ1) is 12.1. The van der Waals surface area contributed by atoms with Crippen molar-refractivity contribution in [3.05, 3.63) is 48.3 Å². The molecule has 1 fully saturated rings. The molecule has 2 N–H and O–H groups in total. The minimum Gasteiger partial charge on any atom is -0.494 e. The van der Waals surface area contributed by atoms with Crippen LogP contribution in [0.25, 0.3) is 0 Å². The van der Waals surface area contributed by atoms with Crippen LogP contribution in [0.4, 0.5) is 26.2 Å². The fourth-order valence-corrected chi connectivity index (χ4v) is 2.71. The Morgan fingerprint density at radius 1 is 1.12 bits per heavy atom. The summed E-state index contributed by atoms with van der Waals surface area (Å²) in [5.41, 5.74) is 1.69. The van der Waals surface area contributed by atoms with E-state index < -0.39 is 6.03 Å². The molecule has 3 rings (SSSR count). The third-order valence-electron chi connectivity index (χ3n) is 3.90. The Bertz CT molecular complexity index is 793. The number of hydrogen-bond donors (Lipinski definition) is 2. The molecule has 0 radical (unpaired) electrons. The van der Waals surface area contributed by atoms with Crippen LogP contribution in [0, 0.1) is 5.82 Å². The van der Waals surface area contributed by atoms with Gasteiger partial charge in [0.1, 0.15) is 11.6 Å². The Labute approximate surface area is 144 Å². The standard InChI is InChI=1S/C18H18FN3O3/c1-25-16-11-14(8-9-15(16)22-10-2-3-17(22)23)21-18(24)20-13-6-4-12(19)5-7-13/h4-9,11H,2-3,10H2,1H3,(H2,20,21,24). The van der Waals surface area contributed by atoms with Gasteiger partial charge in [-0.05, 0) is 42.8 Å². The van der Waals surface area contributed by atoms with E-state index in [2.05, 4.69) is 10.6 Å². The van der Waals surface area contributed by atoms with Crippen LogP contribution in [0.15, 0.2) is 42.5 Å². The van der Waals surface area contributed by atoms with Crippen molar-refractivity contribution in [2.24, 2.45) is 0 Å². The van der Waals surface area contributed by atoms with E-state index in [-0.39, 0.29) is 11.7 Å².